The lowest BCUT2D eigenvalue weighted by Crippen LogP contribution is -2.23. The first-order valence-electron chi connectivity index (χ1n) is 9.07. The molecular weight excluding hydrogens is 356 g/mol. The summed E-state index contributed by atoms with van der Waals surface area (Å²) in [5.41, 5.74) is 3.09. The van der Waals surface area contributed by atoms with Gasteiger partial charge in [0.1, 0.15) is 5.82 Å². The number of amides is 1. The molecule has 5 nitrogen and oxygen atoms in total. The summed E-state index contributed by atoms with van der Waals surface area (Å²) < 4.78 is 2.08. The molecule has 0 bridgehead atoms. The fourth-order valence-electron chi connectivity index (χ4n) is 2.79. The normalized spacial score (nSPS) is 12.0. The summed E-state index contributed by atoms with van der Waals surface area (Å²) in [6.07, 6.45) is 0.728. The lowest BCUT2D eigenvalue weighted by Gasteiger charge is -2.14. The molecule has 0 spiro atoms. The molecule has 0 fully saturated rings. The van der Waals surface area contributed by atoms with Gasteiger partial charge in [-0.05, 0) is 38.0 Å². The number of aryl methyl sites for hydroxylation is 1. The van der Waals surface area contributed by atoms with E-state index < -0.39 is 0 Å². The number of para-hydroxylation sites is 1. The average molecular weight is 381 g/mol. The maximum absolute atomic E-state index is 12.6. The molecule has 0 saturated heterocycles. The zero-order valence-electron chi connectivity index (χ0n) is 15.8. The van der Waals surface area contributed by atoms with Crippen LogP contribution in [-0.2, 0) is 17.8 Å². The zero-order valence-corrected chi connectivity index (χ0v) is 16.7. The van der Waals surface area contributed by atoms with Gasteiger partial charge in [-0.3, -0.25) is 4.79 Å². The van der Waals surface area contributed by atoms with E-state index in [-0.39, 0.29) is 11.2 Å². The first-order chi connectivity index (χ1) is 13.1. The van der Waals surface area contributed by atoms with Crippen molar-refractivity contribution in [1.82, 2.24) is 14.8 Å². The maximum atomic E-state index is 12.6. The van der Waals surface area contributed by atoms with Crippen LogP contribution in [0.15, 0.2) is 59.8 Å². The van der Waals surface area contributed by atoms with Crippen LogP contribution in [0.4, 0.5) is 5.69 Å². The Morgan fingerprint density at radius 3 is 2.52 bits per heavy atom. The van der Waals surface area contributed by atoms with Gasteiger partial charge >= 0.3 is 0 Å². The van der Waals surface area contributed by atoms with Crippen LogP contribution in [0.1, 0.15) is 30.8 Å². The summed E-state index contributed by atoms with van der Waals surface area (Å²) in [5.74, 6) is 0.877. The molecule has 1 unspecified atom stereocenters. The fourth-order valence-corrected chi connectivity index (χ4v) is 3.72. The van der Waals surface area contributed by atoms with Gasteiger partial charge in [0.2, 0.25) is 5.91 Å². The highest BCUT2D eigenvalue weighted by atomic mass is 32.2. The van der Waals surface area contributed by atoms with Crippen molar-refractivity contribution in [2.45, 2.75) is 44.1 Å². The van der Waals surface area contributed by atoms with E-state index in [1.807, 2.05) is 56.3 Å². The van der Waals surface area contributed by atoms with Gasteiger partial charge < -0.3 is 9.88 Å². The molecule has 27 heavy (non-hydrogen) atoms. The number of benzene rings is 2. The van der Waals surface area contributed by atoms with Crippen molar-refractivity contribution in [3.63, 3.8) is 0 Å². The van der Waals surface area contributed by atoms with Gasteiger partial charge in [-0.1, -0.05) is 60.3 Å². The van der Waals surface area contributed by atoms with Crippen LogP contribution >= 0.6 is 11.8 Å². The minimum Gasteiger partial charge on any atom is -0.325 e. The van der Waals surface area contributed by atoms with Crippen LogP contribution in [-0.4, -0.2) is 25.9 Å². The molecule has 0 saturated carbocycles. The Morgan fingerprint density at radius 1 is 1.11 bits per heavy atom. The SMILES string of the molecule is CCn1c(Cc2ccccc2)nnc1SC(C)C(=O)Nc1ccccc1C. The summed E-state index contributed by atoms with van der Waals surface area (Å²) in [4.78, 5) is 12.6. The number of anilines is 1. The van der Waals surface area contributed by atoms with Crippen LogP contribution in [0, 0.1) is 6.92 Å². The highest BCUT2D eigenvalue weighted by Gasteiger charge is 2.20. The van der Waals surface area contributed by atoms with Gasteiger partial charge in [-0.2, -0.15) is 0 Å². The molecule has 0 aliphatic heterocycles. The second kappa shape index (κ2) is 8.86. The quantitative estimate of drug-likeness (QED) is 0.620. The van der Waals surface area contributed by atoms with Crippen molar-refractivity contribution in [1.29, 1.82) is 0 Å². The first-order valence-corrected chi connectivity index (χ1v) is 9.95. The Hall–Kier alpha value is -2.60. The van der Waals surface area contributed by atoms with Gasteiger partial charge in [0.05, 0.1) is 5.25 Å². The van der Waals surface area contributed by atoms with Crippen LogP contribution in [0.5, 0.6) is 0 Å². The van der Waals surface area contributed by atoms with Crippen molar-refractivity contribution in [3.8, 4) is 0 Å². The molecule has 2 aromatic carbocycles. The molecule has 0 aliphatic carbocycles. The molecule has 0 radical (unpaired) electrons. The molecule has 1 heterocycles. The molecule has 1 aromatic heterocycles. The number of nitrogens with one attached hydrogen (secondary N) is 1. The summed E-state index contributed by atoms with van der Waals surface area (Å²) in [6, 6.07) is 18.0. The van der Waals surface area contributed by atoms with Gasteiger partial charge in [0.25, 0.3) is 0 Å². The maximum Gasteiger partial charge on any atom is 0.237 e. The van der Waals surface area contributed by atoms with Crippen molar-refractivity contribution < 1.29 is 4.79 Å². The number of rotatable bonds is 7. The predicted molar refractivity (Wildman–Crippen MR) is 110 cm³/mol. The number of hydrogen-bond acceptors (Lipinski definition) is 4. The third kappa shape index (κ3) is 4.77. The third-order valence-electron chi connectivity index (χ3n) is 4.37. The molecule has 3 aromatic rings. The second-order valence-corrected chi connectivity index (χ2v) is 7.68. The first kappa shape index (κ1) is 19.2. The third-order valence-corrected chi connectivity index (χ3v) is 5.45. The molecule has 1 N–H and O–H groups in total. The summed E-state index contributed by atoms with van der Waals surface area (Å²) in [7, 11) is 0. The fraction of sp³-hybridized carbons (Fsp3) is 0.286. The van der Waals surface area contributed by atoms with E-state index in [1.54, 1.807) is 0 Å². The van der Waals surface area contributed by atoms with E-state index >= 15 is 0 Å². The Morgan fingerprint density at radius 2 is 1.81 bits per heavy atom. The predicted octanol–water partition coefficient (Wildman–Crippen LogP) is 4.32. The number of thioether (sulfide) groups is 1. The number of carbonyl (C=O) groups is 1. The summed E-state index contributed by atoms with van der Waals surface area (Å²) in [6.45, 7) is 6.71. The van der Waals surface area contributed by atoms with E-state index in [1.165, 1.54) is 17.3 Å². The van der Waals surface area contributed by atoms with Gasteiger partial charge in [0.15, 0.2) is 5.16 Å². The van der Waals surface area contributed by atoms with Crippen molar-refractivity contribution >= 4 is 23.4 Å². The monoisotopic (exact) mass is 380 g/mol. The lowest BCUT2D eigenvalue weighted by atomic mass is 10.1. The van der Waals surface area contributed by atoms with Crippen LogP contribution in [0.3, 0.4) is 0 Å². The Bertz CT molecular complexity index is 908. The topological polar surface area (TPSA) is 59.8 Å². The van der Waals surface area contributed by atoms with Gasteiger partial charge in [-0.25, -0.2) is 0 Å². The minimum atomic E-state index is -0.274. The molecular formula is C21H24N4OS. The Balaban J connectivity index is 1.69. The van der Waals surface area contributed by atoms with E-state index in [4.69, 9.17) is 0 Å². The standard InChI is InChI=1S/C21H24N4OS/c1-4-25-19(14-17-11-6-5-7-12-17)23-24-21(25)27-16(3)20(26)22-18-13-9-8-10-15(18)2/h5-13,16H,4,14H2,1-3H3,(H,22,26). The highest BCUT2D eigenvalue weighted by Crippen LogP contribution is 2.25. The molecule has 6 heteroatoms. The number of carbonyl (C=O) groups excluding carboxylic acids is 1. The molecule has 3 rings (SSSR count). The van der Waals surface area contributed by atoms with Gasteiger partial charge in [0, 0.05) is 18.7 Å². The Labute approximate surface area is 164 Å². The Kier molecular flexibility index (Phi) is 6.29. The van der Waals surface area contributed by atoms with Crippen molar-refractivity contribution in [2.24, 2.45) is 0 Å². The van der Waals surface area contributed by atoms with Crippen LogP contribution in [0.25, 0.3) is 0 Å². The molecule has 1 atom stereocenters. The molecule has 140 valence electrons. The van der Waals surface area contributed by atoms with Gasteiger partial charge in [-0.15, -0.1) is 10.2 Å². The highest BCUT2D eigenvalue weighted by molar-refractivity contribution is 8.00. The largest absolute Gasteiger partial charge is 0.325 e. The number of nitrogens with zero attached hydrogens (tertiary/aromatic N) is 3. The van der Waals surface area contributed by atoms with E-state index in [0.717, 1.165) is 35.2 Å². The van der Waals surface area contributed by atoms with Crippen LogP contribution in [0.2, 0.25) is 0 Å². The summed E-state index contributed by atoms with van der Waals surface area (Å²) in [5, 5.41) is 12.2. The minimum absolute atomic E-state index is 0.0374. The smallest absolute Gasteiger partial charge is 0.237 e. The molecule has 0 aliphatic rings. The zero-order chi connectivity index (χ0) is 19.2. The van der Waals surface area contributed by atoms with Crippen LogP contribution < -0.4 is 5.32 Å². The molecule has 1 amide bonds. The lowest BCUT2D eigenvalue weighted by molar-refractivity contribution is -0.115. The number of hydrogen-bond donors (Lipinski definition) is 1. The van der Waals surface area contributed by atoms with E-state index in [0.29, 0.717) is 0 Å². The summed E-state index contributed by atoms with van der Waals surface area (Å²) >= 11 is 1.44. The second-order valence-electron chi connectivity index (χ2n) is 6.37. The van der Waals surface area contributed by atoms with Crippen molar-refractivity contribution in [3.05, 3.63) is 71.5 Å². The van der Waals surface area contributed by atoms with Crippen molar-refractivity contribution in [2.75, 3.05) is 5.32 Å². The van der Waals surface area contributed by atoms with E-state index in [2.05, 4.69) is 39.1 Å². The van der Waals surface area contributed by atoms with E-state index in [9.17, 15) is 4.79 Å². The average Bonchev–Trinajstić information content (AvgIpc) is 3.05. The number of aromatic nitrogens is 3.